The van der Waals surface area contributed by atoms with Gasteiger partial charge in [0, 0.05) is 18.8 Å². The molecule has 3 atom stereocenters. The maximum Gasteiger partial charge on any atom is 0.241 e. The Morgan fingerprint density at radius 3 is 2.38 bits per heavy atom. The first kappa shape index (κ1) is 18.4. The van der Waals surface area contributed by atoms with Gasteiger partial charge in [-0.15, -0.1) is 0 Å². The van der Waals surface area contributed by atoms with Gasteiger partial charge in [0.25, 0.3) is 0 Å². The number of carbonyl (C=O) groups is 1. The van der Waals surface area contributed by atoms with E-state index in [4.69, 9.17) is 10.00 Å². The molecule has 0 spiro atoms. The second kappa shape index (κ2) is 8.27. The summed E-state index contributed by atoms with van der Waals surface area (Å²) in [7, 11) is 0. The number of anilines is 1. The lowest BCUT2D eigenvalue weighted by molar-refractivity contribution is -0.130. The summed E-state index contributed by atoms with van der Waals surface area (Å²) < 4.78 is 5.78. The van der Waals surface area contributed by atoms with Crippen LogP contribution in [0.15, 0.2) is 24.3 Å². The quantitative estimate of drug-likeness (QED) is 0.902. The Hall–Kier alpha value is -1.90. The number of hydrogen-bond acceptors (Lipinski definition) is 4. The lowest BCUT2D eigenvalue weighted by Crippen LogP contribution is -2.55. The molecule has 3 unspecified atom stereocenters. The summed E-state index contributed by atoms with van der Waals surface area (Å²) in [5.41, 5.74) is 1.72. The fourth-order valence-corrected chi connectivity index (χ4v) is 3.35. The van der Waals surface area contributed by atoms with E-state index in [1.807, 2.05) is 38.1 Å². The van der Waals surface area contributed by atoms with Crippen LogP contribution in [0.5, 0.6) is 0 Å². The fourth-order valence-electron chi connectivity index (χ4n) is 3.35. The van der Waals surface area contributed by atoms with Gasteiger partial charge in [-0.25, -0.2) is 0 Å². The molecule has 1 N–H and O–H groups in total. The summed E-state index contributed by atoms with van der Waals surface area (Å²) in [6.07, 6.45) is 0.646. The number of amides is 1. The molecule has 1 saturated heterocycles. The number of rotatable bonds is 5. The van der Waals surface area contributed by atoms with Gasteiger partial charge in [0.2, 0.25) is 5.91 Å². The van der Waals surface area contributed by atoms with E-state index in [1.165, 1.54) is 0 Å². The summed E-state index contributed by atoms with van der Waals surface area (Å²) in [5.74, 6) is 0.222. The second-order valence-electron chi connectivity index (χ2n) is 6.92. The number of nitriles is 1. The molecule has 1 amide bonds. The third-order valence-corrected chi connectivity index (χ3v) is 4.25. The minimum atomic E-state index is -0.183. The highest BCUT2D eigenvalue weighted by Gasteiger charge is 2.34. The molecular weight excluding hydrogens is 302 g/mol. The van der Waals surface area contributed by atoms with E-state index in [9.17, 15) is 4.79 Å². The van der Waals surface area contributed by atoms with Crippen LogP contribution in [-0.4, -0.2) is 42.1 Å². The molecule has 5 heteroatoms. The van der Waals surface area contributed by atoms with Gasteiger partial charge in [0.15, 0.2) is 0 Å². The molecule has 1 fully saturated rings. The van der Waals surface area contributed by atoms with Crippen LogP contribution in [0.2, 0.25) is 0 Å². The third kappa shape index (κ3) is 4.80. The third-order valence-electron chi connectivity index (χ3n) is 4.25. The van der Waals surface area contributed by atoms with Crippen molar-refractivity contribution in [3.05, 3.63) is 29.8 Å². The van der Waals surface area contributed by atoms with Gasteiger partial charge in [0.05, 0.1) is 30.7 Å². The summed E-state index contributed by atoms with van der Waals surface area (Å²) in [4.78, 5) is 15.1. The first-order chi connectivity index (χ1) is 11.4. The van der Waals surface area contributed by atoms with E-state index >= 15 is 0 Å². The summed E-state index contributed by atoms with van der Waals surface area (Å²) >= 11 is 0. The van der Waals surface area contributed by atoms with Gasteiger partial charge in [0.1, 0.15) is 0 Å². The second-order valence-corrected chi connectivity index (χ2v) is 6.92. The van der Waals surface area contributed by atoms with Gasteiger partial charge in [-0.3, -0.25) is 9.69 Å². The van der Waals surface area contributed by atoms with E-state index in [-0.39, 0.29) is 30.1 Å². The fraction of sp³-hybridized carbons (Fsp3) is 0.579. The van der Waals surface area contributed by atoms with Crippen LogP contribution in [0.25, 0.3) is 0 Å². The smallest absolute Gasteiger partial charge is 0.241 e. The molecular formula is C19H27N3O2. The van der Waals surface area contributed by atoms with Crippen LogP contribution < -0.4 is 5.32 Å². The number of carbonyl (C=O) groups excluding carboxylic acids is 1. The molecule has 0 aliphatic carbocycles. The normalized spacial score (nSPS) is 22.8. The summed E-state index contributed by atoms with van der Waals surface area (Å²) in [6, 6.07) is 9.40. The van der Waals surface area contributed by atoms with Gasteiger partial charge < -0.3 is 10.1 Å². The zero-order chi connectivity index (χ0) is 17.7. The zero-order valence-electron chi connectivity index (χ0n) is 15.0. The number of morpholine rings is 1. The first-order valence-electron chi connectivity index (χ1n) is 8.57. The molecule has 0 bridgehead atoms. The highest BCUT2D eigenvalue weighted by molar-refractivity contribution is 5.95. The lowest BCUT2D eigenvalue weighted by atomic mass is 9.99. The molecule has 5 nitrogen and oxygen atoms in total. The van der Waals surface area contributed by atoms with Crippen LogP contribution >= 0.6 is 0 Å². The van der Waals surface area contributed by atoms with Gasteiger partial charge >= 0.3 is 0 Å². The Kier molecular flexibility index (Phi) is 6.36. The molecule has 130 valence electrons. The number of nitrogens with zero attached hydrogens (tertiary/aromatic N) is 2. The van der Waals surface area contributed by atoms with E-state index in [2.05, 4.69) is 30.1 Å². The highest BCUT2D eigenvalue weighted by atomic mass is 16.5. The lowest BCUT2D eigenvalue weighted by Gasteiger charge is -2.41. The number of hydrogen-bond donors (Lipinski definition) is 1. The first-order valence-corrected chi connectivity index (χ1v) is 8.57. The van der Waals surface area contributed by atoms with Crippen molar-refractivity contribution in [3.8, 4) is 6.07 Å². The molecule has 0 radical (unpaired) electrons. The highest BCUT2D eigenvalue weighted by Crippen LogP contribution is 2.20. The van der Waals surface area contributed by atoms with Gasteiger partial charge in [-0.2, -0.15) is 5.26 Å². The average Bonchev–Trinajstić information content (AvgIpc) is 2.48. The van der Waals surface area contributed by atoms with Crippen molar-refractivity contribution < 1.29 is 9.53 Å². The van der Waals surface area contributed by atoms with Crippen molar-refractivity contribution >= 4 is 11.6 Å². The van der Waals surface area contributed by atoms with Crippen molar-refractivity contribution in [3.63, 3.8) is 0 Å². The Morgan fingerprint density at radius 2 is 1.88 bits per heavy atom. The van der Waals surface area contributed by atoms with E-state index in [0.717, 1.165) is 24.3 Å². The van der Waals surface area contributed by atoms with Crippen LogP contribution in [0, 0.1) is 17.2 Å². The Bertz CT molecular complexity index is 582. The molecule has 0 aromatic heterocycles. The molecule has 1 aromatic rings. The van der Waals surface area contributed by atoms with Crippen LogP contribution in [0.4, 0.5) is 5.69 Å². The summed E-state index contributed by atoms with van der Waals surface area (Å²) in [6.45, 7) is 9.78. The molecule has 1 aromatic carbocycles. The molecule has 2 rings (SSSR count). The van der Waals surface area contributed by atoms with Crippen LogP contribution in [-0.2, 0) is 16.0 Å². The molecule has 24 heavy (non-hydrogen) atoms. The maximum absolute atomic E-state index is 12.8. The predicted octanol–water partition coefficient (Wildman–Crippen LogP) is 2.82. The van der Waals surface area contributed by atoms with Crippen molar-refractivity contribution in [2.24, 2.45) is 5.92 Å². The number of benzene rings is 1. The molecule has 0 saturated carbocycles. The van der Waals surface area contributed by atoms with E-state index < -0.39 is 0 Å². The topological polar surface area (TPSA) is 65.4 Å². The molecule has 1 aliphatic heterocycles. The number of ether oxygens (including phenoxy) is 1. The predicted molar refractivity (Wildman–Crippen MR) is 94.6 cm³/mol. The van der Waals surface area contributed by atoms with Crippen molar-refractivity contribution in [1.29, 1.82) is 5.26 Å². The minimum absolute atomic E-state index is 0.0133. The van der Waals surface area contributed by atoms with Gasteiger partial charge in [-0.1, -0.05) is 26.0 Å². The van der Waals surface area contributed by atoms with E-state index in [0.29, 0.717) is 6.42 Å². The Labute approximate surface area is 144 Å². The monoisotopic (exact) mass is 329 g/mol. The van der Waals surface area contributed by atoms with Crippen molar-refractivity contribution in [2.75, 3.05) is 18.4 Å². The SMILES string of the molecule is CC1CN(C(C(=O)Nc2ccc(CC#N)cc2)C(C)C)CC(C)O1. The van der Waals surface area contributed by atoms with Crippen molar-refractivity contribution in [2.45, 2.75) is 52.4 Å². The van der Waals surface area contributed by atoms with Gasteiger partial charge in [-0.05, 0) is 37.5 Å². The van der Waals surface area contributed by atoms with E-state index in [1.54, 1.807) is 0 Å². The average molecular weight is 329 g/mol. The standard InChI is InChI=1S/C19H27N3O2/c1-13(2)18(22-11-14(3)24-15(4)12-22)19(23)21-17-7-5-16(6-8-17)9-10-20/h5-8,13-15,18H,9,11-12H2,1-4H3,(H,21,23). The van der Waals surface area contributed by atoms with Crippen LogP contribution in [0.3, 0.4) is 0 Å². The molecule has 1 heterocycles. The maximum atomic E-state index is 12.8. The van der Waals surface area contributed by atoms with Crippen LogP contribution in [0.1, 0.15) is 33.3 Å². The minimum Gasteiger partial charge on any atom is -0.373 e. The van der Waals surface area contributed by atoms with Crippen molar-refractivity contribution in [1.82, 2.24) is 4.90 Å². The Balaban J connectivity index is 2.07. The summed E-state index contributed by atoms with van der Waals surface area (Å²) in [5, 5.41) is 11.7. The zero-order valence-corrected chi connectivity index (χ0v) is 15.0. The Morgan fingerprint density at radius 1 is 1.29 bits per heavy atom. The molecule has 1 aliphatic rings. The largest absolute Gasteiger partial charge is 0.373 e. The number of nitrogens with one attached hydrogen (secondary N) is 1.